The molecular weight excluding hydrogens is 438 g/mol. The van der Waals surface area contributed by atoms with Crippen molar-refractivity contribution >= 4 is 29.9 Å². The first-order chi connectivity index (χ1) is 10.9. The predicted molar refractivity (Wildman–Crippen MR) is 96.3 cm³/mol. The van der Waals surface area contributed by atoms with Gasteiger partial charge in [-0.1, -0.05) is 6.07 Å². The summed E-state index contributed by atoms with van der Waals surface area (Å²) in [6.45, 7) is -0.874. The molecule has 0 heterocycles. The van der Waals surface area contributed by atoms with Crippen molar-refractivity contribution in [2.45, 2.75) is 31.6 Å². The van der Waals surface area contributed by atoms with Crippen molar-refractivity contribution in [2.75, 3.05) is 20.8 Å². The lowest BCUT2D eigenvalue weighted by Crippen LogP contribution is -2.38. The number of hydrogen-bond donors (Lipinski definition) is 2. The zero-order valence-corrected chi connectivity index (χ0v) is 15.8. The SMILES string of the molecule is CN=C(NCc1ccc(OCC(F)(F)F)c(OC)c1)NC1CC1.I. The second-order valence-corrected chi connectivity index (χ2v) is 5.23. The standard InChI is InChI=1S/C15H20F3N3O2.HI/c1-19-14(21-11-4-5-11)20-8-10-3-6-12(13(7-10)22-2)23-9-15(16,17)18;/h3,6-7,11H,4-5,8-9H2,1-2H3,(H2,19,20,21);1H. The van der Waals surface area contributed by atoms with Gasteiger partial charge in [-0.2, -0.15) is 13.2 Å². The zero-order chi connectivity index (χ0) is 16.9. The van der Waals surface area contributed by atoms with Crippen LogP contribution in [0.5, 0.6) is 11.5 Å². The third-order valence-corrected chi connectivity index (χ3v) is 3.22. The summed E-state index contributed by atoms with van der Waals surface area (Å²) in [5.41, 5.74) is 0.847. The first-order valence-corrected chi connectivity index (χ1v) is 7.25. The molecule has 0 unspecified atom stereocenters. The minimum atomic E-state index is -4.38. The van der Waals surface area contributed by atoms with Gasteiger partial charge in [0.2, 0.25) is 0 Å². The van der Waals surface area contributed by atoms with Gasteiger partial charge in [0, 0.05) is 19.6 Å². The first-order valence-electron chi connectivity index (χ1n) is 7.25. The number of aliphatic imine (C=N–C) groups is 1. The number of methoxy groups -OCH3 is 1. The molecule has 24 heavy (non-hydrogen) atoms. The van der Waals surface area contributed by atoms with Crippen molar-refractivity contribution in [3.05, 3.63) is 23.8 Å². The molecule has 136 valence electrons. The van der Waals surface area contributed by atoms with Gasteiger partial charge in [0.05, 0.1) is 7.11 Å². The maximum Gasteiger partial charge on any atom is 0.422 e. The average Bonchev–Trinajstić information content (AvgIpc) is 3.32. The molecule has 2 rings (SSSR count). The Bertz CT molecular complexity index is 563. The Kier molecular flexibility index (Phi) is 7.91. The highest BCUT2D eigenvalue weighted by molar-refractivity contribution is 14.0. The van der Waals surface area contributed by atoms with Crippen LogP contribution >= 0.6 is 24.0 Å². The van der Waals surface area contributed by atoms with Crippen molar-refractivity contribution < 1.29 is 22.6 Å². The molecule has 9 heteroatoms. The molecule has 0 atom stereocenters. The molecule has 0 bridgehead atoms. The molecule has 0 radical (unpaired) electrons. The summed E-state index contributed by atoms with van der Waals surface area (Å²) in [5.74, 6) is 1.02. The summed E-state index contributed by atoms with van der Waals surface area (Å²) in [4.78, 5) is 4.11. The second kappa shape index (κ2) is 9.19. The topological polar surface area (TPSA) is 54.9 Å². The lowest BCUT2D eigenvalue weighted by atomic mass is 10.2. The van der Waals surface area contributed by atoms with E-state index in [0.29, 0.717) is 18.5 Å². The van der Waals surface area contributed by atoms with E-state index in [-0.39, 0.29) is 35.5 Å². The van der Waals surface area contributed by atoms with Crippen molar-refractivity contribution in [1.82, 2.24) is 10.6 Å². The van der Waals surface area contributed by atoms with E-state index in [1.807, 2.05) is 0 Å². The van der Waals surface area contributed by atoms with Gasteiger partial charge in [-0.3, -0.25) is 4.99 Å². The summed E-state index contributed by atoms with van der Waals surface area (Å²) < 4.78 is 46.5. The summed E-state index contributed by atoms with van der Waals surface area (Å²) in [6, 6.07) is 5.28. The second-order valence-electron chi connectivity index (χ2n) is 5.23. The molecule has 0 aromatic heterocycles. The molecule has 5 nitrogen and oxygen atoms in total. The molecule has 0 amide bonds. The van der Waals surface area contributed by atoms with Crippen LogP contribution in [0.15, 0.2) is 23.2 Å². The van der Waals surface area contributed by atoms with Gasteiger partial charge in [0.25, 0.3) is 0 Å². The molecule has 0 saturated heterocycles. The Morgan fingerprint density at radius 3 is 2.54 bits per heavy atom. The third-order valence-electron chi connectivity index (χ3n) is 3.22. The van der Waals surface area contributed by atoms with E-state index < -0.39 is 12.8 Å². The van der Waals surface area contributed by atoms with E-state index >= 15 is 0 Å². The van der Waals surface area contributed by atoms with Gasteiger partial charge >= 0.3 is 6.18 Å². The average molecular weight is 459 g/mol. The van der Waals surface area contributed by atoms with Gasteiger partial charge < -0.3 is 20.1 Å². The fourth-order valence-electron chi connectivity index (χ4n) is 1.90. The predicted octanol–water partition coefficient (Wildman–Crippen LogP) is 3.08. The van der Waals surface area contributed by atoms with Crippen molar-refractivity contribution in [3.8, 4) is 11.5 Å². The number of rotatable bonds is 6. The lowest BCUT2D eigenvalue weighted by Gasteiger charge is -2.15. The van der Waals surface area contributed by atoms with E-state index in [0.717, 1.165) is 18.4 Å². The van der Waals surface area contributed by atoms with Crippen molar-refractivity contribution in [2.24, 2.45) is 4.99 Å². The fourth-order valence-corrected chi connectivity index (χ4v) is 1.90. The van der Waals surface area contributed by atoms with E-state index in [9.17, 15) is 13.2 Å². The number of nitrogens with one attached hydrogen (secondary N) is 2. The molecule has 0 spiro atoms. The summed E-state index contributed by atoms with van der Waals surface area (Å²) in [5, 5.41) is 6.39. The van der Waals surface area contributed by atoms with Gasteiger partial charge in [-0.25, -0.2) is 0 Å². The van der Waals surface area contributed by atoms with Crippen LogP contribution in [0.3, 0.4) is 0 Å². The van der Waals surface area contributed by atoms with E-state index in [2.05, 4.69) is 15.6 Å². The maximum atomic E-state index is 12.2. The summed E-state index contributed by atoms with van der Waals surface area (Å²) in [7, 11) is 3.08. The normalized spacial score (nSPS) is 14.6. The van der Waals surface area contributed by atoms with Crippen LogP contribution in [0, 0.1) is 0 Å². The van der Waals surface area contributed by atoms with Gasteiger partial charge in [0.1, 0.15) is 0 Å². The largest absolute Gasteiger partial charge is 0.493 e. The maximum absolute atomic E-state index is 12.2. The molecular formula is C15H21F3IN3O2. The molecule has 1 aliphatic rings. The van der Waals surface area contributed by atoms with Crippen molar-refractivity contribution in [1.29, 1.82) is 0 Å². The molecule has 1 fully saturated rings. The van der Waals surface area contributed by atoms with E-state index in [1.165, 1.54) is 13.2 Å². The minimum absolute atomic E-state index is 0. The Hall–Kier alpha value is -1.39. The van der Waals surface area contributed by atoms with Crippen molar-refractivity contribution in [3.63, 3.8) is 0 Å². The number of halogens is 4. The molecule has 1 aromatic carbocycles. The number of hydrogen-bond acceptors (Lipinski definition) is 3. The molecule has 1 aliphatic carbocycles. The number of nitrogens with zero attached hydrogens (tertiary/aromatic N) is 1. The number of guanidine groups is 1. The molecule has 1 aromatic rings. The van der Waals surface area contributed by atoms with Crippen LogP contribution in [0.1, 0.15) is 18.4 Å². The number of alkyl halides is 3. The molecule has 0 aliphatic heterocycles. The Morgan fingerprint density at radius 2 is 2.00 bits per heavy atom. The monoisotopic (exact) mass is 459 g/mol. The van der Waals surface area contributed by atoms with Gasteiger partial charge in [0.15, 0.2) is 24.1 Å². The minimum Gasteiger partial charge on any atom is -0.493 e. The van der Waals surface area contributed by atoms with Crippen LogP contribution in [0.2, 0.25) is 0 Å². The van der Waals surface area contributed by atoms with Crippen LogP contribution in [-0.4, -0.2) is 38.9 Å². The van der Waals surface area contributed by atoms with Crippen LogP contribution in [0.25, 0.3) is 0 Å². The Morgan fingerprint density at radius 1 is 1.29 bits per heavy atom. The highest BCUT2D eigenvalue weighted by atomic mass is 127. The zero-order valence-electron chi connectivity index (χ0n) is 13.4. The van der Waals surface area contributed by atoms with E-state index in [1.54, 1.807) is 19.2 Å². The highest BCUT2D eigenvalue weighted by Crippen LogP contribution is 2.29. The lowest BCUT2D eigenvalue weighted by molar-refractivity contribution is -0.153. The van der Waals surface area contributed by atoms with Gasteiger partial charge in [-0.05, 0) is 30.5 Å². The highest BCUT2D eigenvalue weighted by Gasteiger charge is 2.29. The number of benzene rings is 1. The molecule has 1 saturated carbocycles. The van der Waals surface area contributed by atoms with Crippen LogP contribution < -0.4 is 20.1 Å². The van der Waals surface area contributed by atoms with Crippen LogP contribution in [-0.2, 0) is 6.54 Å². The quantitative estimate of drug-likeness (QED) is 0.390. The summed E-state index contributed by atoms with van der Waals surface area (Å²) >= 11 is 0. The summed E-state index contributed by atoms with van der Waals surface area (Å²) in [6.07, 6.45) is -2.11. The Labute approximate surface area is 156 Å². The van der Waals surface area contributed by atoms with Gasteiger partial charge in [-0.15, -0.1) is 24.0 Å². The Balaban J connectivity index is 0.00000288. The van der Waals surface area contributed by atoms with Crippen LogP contribution in [0.4, 0.5) is 13.2 Å². The smallest absolute Gasteiger partial charge is 0.422 e. The molecule has 2 N–H and O–H groups in total. The third kappa shape index (κ3) is 7.02. The van der Waals surface area contributed by atoms with E-state index in [4.69, 9.17) is 9.47 Å². The number of ether oxygens (including phenoxy) is 2. The first kappa shape index (κ1) is 20.7. The fraction of sp³-hybridized carbons (Fsp3) is 0.533.